The van der Waals surface area contributed by atoms with Gasteiger partial charge in [0.25, 0.3) is 5.91 Å². The van der Waals surface area contributed by atoms with Crippen molar-refractivity contribution in [2.75, 3.05) is 11.6 Å². The number of hydrogen-bond donors (Lipinski definition) is 1. The van der Waals surface area contributed by atoms with Crippen LogP contribution in [-0.2, 0) is 12.8 Å². The maximum absolute atomic E-state index is 12.2. The minimum Gasteiger partial charge on any atom is -0.338 e. The summed E-state index contributed by atoms with van der Waals surface area (Å²) in [6.07, 6.45) is 6.15. The van der Waals surface area contributed by atoms with Gasteiger partial charge in [-0.25, -0.2) is 0 Å². The molecule has 0 spiro atoms. The van der Waals surface area contributed by atoms with Crippen LogP contribution in [0.2, 0.25) is 0 Å². The number of amides is 1. The van der Waals surface area contributed by atoms with Gasteiger partial charge in [-0.15, -0.1) is 11.8 Å². The number of thioether (sulfide) groups is 1. The second kappa shape index (κ2) is 5.71. The molecule has 0 fully saturated rings. The number of aromatic nitrogens is 1. The average molecular weight is 288 g/mol. The van der Waals surface area contributed by atoms with Gasteiger partial charge in [0.15, 0.2) is 0 Å². The Balaban J connectivity index is 1.76. The number of anilines is 1. The van der Waals surface area contributed by atoms with E-state index >= 15 is 0 Å². The largest absolute Gasteiger partial charge is 0.338 e. The van der Waals surface area contributed by atoms with Crippen LogP contribution < -0.4 is 5.32 Å². The van der Waals surface area contributed by atoms with Crippen LogP contribution in [0.4, 0.5) is 5.88 Å². The Hall–Kier alpha value is -1.75. The van der Waals surface area contributed by atoms with E-state index < -0.39 is 0 Å². The third-order valence-electron chi connectivity index (χ3n) is 3.54. The molecule has 1 heterocycles. The summed E-state index contributed by atoms with van der Waals surface area (Å²) in [7, 11) is 0. The minimum absolute atomic E-state index is 0.151. The van der Waals surface area contributed by atoms with Crippen molar-refractivity contribution in [2.45, 2.75) is 30.6 Å². The lowest BCUT2D eigenvalue weighted by Crippen LogP contribution is -2.13. The lowest BCUT2D eigenvalue weighted by Gasteiger charge is -2.09. The van der Waals surface area contributed by atoms with Gasteiger partial charge < -0.3 is 4.52 Å². The zero-order valence-electron chi connectivity index (χ0n) is 11.3. The van der Waals surface area contributed by atoms with E-state index in [1.54, 1.807) is 11.8 Å². The van der Waals surface area contributed by atoms with E-state index in [4.69, 9.17) is 4.52 Å². The quantitative estimate of drug-likeness (QED) is 0.878. The standard InChI is InChI=1S/C15H16N2O2S/c1-20-11-8-6-10(7-9-11)14(18)16-15-12-4-2-3-5-13(12)17-19-15/h6-9H,2-5H2,1H3,(H,16,18). The molecule has 1 aliphatic carbocycles. The van der Waals surface area contributed by atoms with E-state index in [9.17, 15) is 4.79 Å². The van der Waals surface area contributed by atoms with Crippen LogP contribution in [0.25, 0.3) is 0 Å². The molecule has 1 aromatic carbocycles. The first-order valence-electron chi connectivity index (χ1n) is 6.71. The Morgan fingerprint density at radius 1 is 1.25 bits per heavy atom. The second-order valence-corrected chi connectivity index (χ2v) is 5.71. The van der Waals surface area contributed by atoms with Gasteiger partial charge in [-0.2, -0.15) is 0 Å². The summed E-state index contributed by atoms with van der Waals surface area (Å²) in [5.41, 5.74) is 2.68. The number of rotatable bonds is 3. The van der Waals surface area contributed by atoms with Crippen LogP contribution in [0.15, 0.2) is 33.7 Å². The molecule has 1 amide bonds. The Bertz CT molecular complexity index is 619. The third kappa shape index (κ3) is 2.58. The smallest absolute Gasteiger partial charge is 0.258 e. The Morgan fingerprint density at radius 3 is 2.75 bits per heavy atom. The van der Waals surface area contributed by atoms with Crippen molar-refractivity contribution in [3.8, 4) is 0 Å². The molecule has 0 bridgehead atoms. The number of hydrogen-bond acceptors (Lipinski definition) is 4. The first kappa shape index (κ1) is 13.2. The lowest BCUT2D eigenvalue weighted by molar-refractivity contribution is 0.102. The third-order valence-corrected chi connectivity index (χ3v) is 4.28. The molecule has 1 aliphatic rings. The first-order valence-corrected chi connectivity index (χ1v) is 7.93. The number of nitrogens with zero attached hydrogens (tertiary/aromatic N) is 1. The molecule has 5 heteroatoms. The van der Waals surface area contributed by atoms with Crippen LogP contribution in [0, 0.1) is 0 Å². The first-order chi connectivity index (χ1) is 9.78. The highest BCUT2D eigenvalue weighted by Gasteiger charge is 2.21. The summed E-state index contributed by atoms with van der Waals surface area (Å²) in [5.74, 6) is 0.362. The van der Waals surface area contributed by atoms with Gasteiger partial charge in [0, 0.05) is 16.0 Å². The molecule has 3 rings (SSSR count). The molecule has 2 aromatic rings. The van der Waals surface area contributed by atoms with Gasteiger partial charge in [0.2, 0.25) is 5.88 Å². The maximum atomic E-state index is 12.2. The van der Waals surface area contributed by atoms with Crippen molar-refractivity contribution >= 4 is 23.6 Å². The Morgan fingerprint density at radius 2 is 2.00 bits per heavy atom. The number of benzene rings is 1. The predicted molar refractivity (Wildman–Crippen MR) is 79.3 cm³/mol. The van der Waals surface area contributed by atoms with E-state index in [1.807, 2.05) is 30.5 Å². The Kier molecular flexibility index (Phi) is 3.78. The zero-order chi connectivity index (χ0) is 13.9. The fraction of sp³-hybridized carbons (Fsp3) is 0.333. The molecule has 0 unspecified atom stereocenters. The molecule has 20 heavy (non-hydrogen) atoms. The minimum atomic E-state index is -0.151. The highest BCUT2D eigenvalue weighted by atomic mass is 32.2. The van der Waals surface area contributed by atoms with Crippen molar-refractivity contribution in [2.24, 2.45) is 0 Å². The van der Waals surface area contributed by atoms with E-state index in [0.29, 0.717) is 11.4 Å². The van der Waals surface area contributed by atoms with Crippen LogP contribution in [0.1, 0.15) is 34.5 Å². The van der Waals surface area contributed by atoms with Crippen molar-refractivity contribution in [1.82, 2.24) is 5.16 Å². The van der Waals surface area contributed by atoms with Crippen molar-refractivity contribution < 1.29 is 9.32 Å². The molecule has 0 atom stereocenters. The van der Waals surface area contributed by atoms with E-state index in [-0.39, 0.29) is 5.91 Å². The molecule has 0 radical (unpaired) electrons. The number of carbonyl (C=O) groups excluding carboxylic acids is 1. The summed E-state index contributed by atoms with van der Waals surface area (Å²) >= 11 is 1.65. The average Bonchev–Trinajstić information content (AvgIpc) is 2.91. The number of fused-ring (bicyclic) bond motifs is 1. The van der Waals surface area contributed by atoms with Gasteiger partial charge in [-0.1, -0.05) is 5.16 Å². The monoisotopic (exact) mass is 288 g/mol. The fourth-order valence-electron chi connectivity index (χ4n) is 2.41. The van der Waals surface area contributed by atoms with E-state index in [1.165, 1.54) is 0 Å². The lowest BCUT2D eigenvalue weighted by atomic mass is 9.97. The van der Waals surface area contributed by atoms with Gasteiger partial charge >= 0.3 is 0 Å². The summed E-state index contributed by atoms with van der Waals surface area (Å²) in [6.45, 7) is 0. The predicted octanol–water partition coefficient (Wildman–Crippen LogP) is 3.53. The molecular formula is C15H16N2O2S. The molecule has 0 aliphatic heterocycles. The number of aryl methyl sites for hydroxylation is 1. The molecule has 0 saturated heterocycles. The van der Waals surface area contributed by atoms with Crippen LogP contribution in [0.5, 0.6) is 0 Å². The van der Waals surface area contributed by atoms with E-state index in [0.717, 1.165) is 41.8 Å². The number of nitrogens with one attached hydrogen (secondary N) is 1. The molecule has 104 valence electrons. The summed E-state index contributed by atoms with van der Waals surface area (Å²) < 4.78 is 5.27. The summed E-state index contributed by atoms with van der Waals surface area (Å²) in [5, 5.41) is 6.87. The van der Waals surface area contributed by atoms with Crippen LogP contribution in [-0.4, -0.2) is 17.3 Å². The van der Waals surface area contributed by atoms with Gasteiger partial charge in [-0.3, -0.25) is 10.1 Å². The van der Waals surface area contributed by atoms with Gasteiger partial charge in [0.1, 0.15) is 0 Å². The molecule has 1 aromatic heterocycles. The molecule has 4 nitrogen and oxygen atoms in total. The van der Waals surface area contributed by atoms with Crippen molar-refractivity contribution in [1.29, 1.82) is 0 Å². The van der Waals surface area contributed by atoms with Gasteiger partial charge in [0.05, 0.1) is 5.69 Å². The van der Waals surface area contributed by atoms with Crippen molar-refractivity contribution in [3.63, 3.8) is 0 Å². The van der Waals surface area contributed by atoms with E-state index in [2.05, 4.69) is 10.5 Å². The topological polar surface area (TPSA) is 55.1 Å². The van der Waals surface area contributed by atoms with Crippen molar-refractivity contribution in [3.05, 3.63) is 41.1 Å². The summed E-state index contributed by atoms with van der Waals surface area (Å²) in [4.78, 5) is 13.3. The molecule has 0 saturated carbocycles. The normalized spacial score (nSPS) is 13.8. The van der Waals surface area contributed by atoms with Crippen LogP contribution in [0.3, 0.4) is 0 Å². The number of carbonyl (C=O) groups is 1. The second-order valence-electron chi connectivity index (χ2n) is 4.83. The van der Waals surface area contributed by atoms with Crippen LogP contribution >= 0.6 is 11.8 Å². The fourth-order valence-corrected chi connectivity index (χ4v) is 2.81. The summed E-state index contributed by atoms with van der Waals surface area (Å²) in [6, 6.07) is 7.53. The SMILES string of the molecule is CSc1ccc(C(=O)Nc2onc3c2CCCC3)cc1. The van der Waals surface area contributed by atoms with Gasteiger partial charge in [-0.05, 0) is 56.2 Å². The molecule has 1 N–H and O–H groups in total. The molecular weight excluding hydrogens is 272 g/mol. The highest BCUT2D eigenvalue weighted by Crippen LogP contribution is 2.28. The maximum Gasteiger partial charge on any atom is 0.258 e. The Labute approximate surface area is 121 Å². The highest BCUT2D eigenvalue weighted by molar-refractivity contribution is 7.98. The zero-order valence-corrected chi connectivity index (χ0v) is 12.1.